The number of thiazole rings is 1. The van der Waals surface area contributed by atoms with Gasteiger partial charge in [0, 0.05) is 12.1 Å². The maximum atomic E-state index is 13.8. The Balaban J connectivity index is 1.47. The topological polar surface area (TPSA) is 52.0 Å². The summed E-state index contributed by atoms with van der Waals surface area (Å²) in [5.41, 5.74) is 8.35. The summed E-state index contributed by atoms with van der Waals surface area (Å²) in [7, 11) is 1.64. The molecule has 0 saturated heterocycles. The molecule has 1 atom stereocenters. The van der Waals surface area contributed by atoms with Gasteiger partial charge in [0.25, 0.3) is 0 Å². The van der Waals surface area contributed by atoms with E-state index < -0.39 is 11.6 Å². The normalized spacial score (nSPS) is 12.3. The van der Waals surface area contributed by atoms with Gasteiger partial charge in [-0.25, -0.2) is 18.3 Å². The monoisotopic (exact) mass is 412 g/mol. The van der Waals surface area contributed by atoms with Gasteiger partial charge in [-0.1, -0.05) is 6.07 Å². The zero-order valence-corrected chi connectivity index (χ0v) is 16.6. The maximum absolute atomic E-state index is 13.8. The van der Waals surface area contributed by atoms with Crippen molar-refractivity contribution < 1.29 is 18.1 Å². The summed E-state index contributed by atoms with van der Waals surface area (Å²) in [5.74, 6) is -0.299. The van der Waals surface area contributed by atoms with Crippen molar-refractivity contribution in [3.63, 3.8) is 0 Å². The number of methoxy groups -OCH3 is 1. The quantitative estimate of drug-likeness (QED) is 0.484. The highest BCUT2D eigenvalue weighted by Gasteiger charge is 2.16. The van der Waals surface area contributed by atoms with Crippen molar-refractivity contribution in [2.75, 3.05) is 7.11 Å². The molecule has 2 heterocycles. The Hall–Kier alpha value is -2.90. The molecule has 148 valence electrons. The first kappa shape index (κ1) is 19.4. The highest BCUT2D eigenvalue weighted by Crippen LogP contribution is 2.29. The van der Waals surface area contributed by atoms with Gasteiger partial charge in [-0.2, -0.15) is 0 Å². The second kappa shape index (κ2) is 8.23. The van der Waals surface area contributed by atoms with Gasteiger partial charge in [0.1, 0.15) is 22.4 Å². The van der Waals surface area contributed by atoms with Crippen LogP contribution in [0.25, 0.3) is 10.2 Å². The van der Waals surface area contributed by atoms with Crippen LogP contribution in [0.5, 0.6) is 5.75 Å². The van der Waals surface area contributed by atoms with Gasteiger partial charge < -0.3 is 10.5 Å². The number of benzene rings is 2. The second-order valence-electron chi connectivity index (χ2n) is 6.78. The van der Waals surface area contributed by atoms with Crippen molar-refractivity contribution in [2.45, 2.75) is 19.0 Å². The lowest BCUT2D eigenvalue weighted by Gasteiger charge is -2.08. The number of hydrogen-bond donors (Lipinski definition) is 1. The van der Waals surface area contributed by atoms with Crippen LogP contribution in [0.1, 0.15) is 22.2 Å². The minimum atomic E-state index is -0.545. The van der Waals surface area contributed by atoms with Crippen LogP contribution in [-0.2, 0) is 13.0 Å². The summed E-state index contributed by atoms with van der Waals surface area (Å²) >= 11 is 1.56. The van der Waals surface area contributed by atoms with Gasteiger partial charge >= 0.3 is 0 Å². The molecule has 0 amide bonds. The zero-order chi connectivity index (χ0) is 20.4. The number of nitrogens with zero attached hydrogens (tertiary/aromatic N) is 2. The molecule has 4 rings (SSSR count). The third-order valence-corrected chi connectivity index (χ3v) is 5.90. The number of rotatable bonds is 6. The van der Waals surface area contributed by atoms with E-state index in [4.69, 9.17) is 10.5 Å². The molecule has 7 heteroatoms. The number of hydrogen-bond acceptors (Lipinski definition) is 4. The number of pyridine rings is 1. The summed E-state index contributed by atoms with van der Waals surface area (Å²) < 4.78 is 35.7. The van der Waals surface area contributed by atoms with Gasteiger partial charge in [-0.15, -0.1) is 11.3 Å². The Labute approximate surface area is 171 Å². The molecule has 0 aliphatic rings. The lowest BCUT2D eigenvalue weighted by molar-refractivity contribution is -0.688. The van der Waals surface area contributed by atoms with E-state index in [1.54, 1.807) is 35.4 Å². The van der Waals surface area contributed by atoms with E-state index in [0.29, 0.717) is 6.42 Å². The zero-order valence-electron chi connectivity index (χ0n) is 15.8. The first-order valence-corrected chi connectivity index (χ1v) is 9.96. The molecule has 2 aromatic heterocycles. The van der Waals surface area contributed by atoms with Gasteiger partial charge in [0.05, 0.1) is 28.9 Å². The third kappa shape index (κ3) is 4.26. The summed E-state index contributed by atoms with van der Waals surface area (Å²) in [6.07, 6.45) is 4.22. The molecule has 0 fully saturated rings. The van der Waals surface area contributed by atoms with Crippen molar-refractivity contribution in [3.05, 3.63) is 88.7 Å². The molecule has 0 spiro atoms. The Morgan fingerprint density at radius 2 is 1.83 bits per heavy atom. The van der Waals surface area contributed by atoms with Crippen molar-refractivity contribution in [1.82, 2.24) is 4.98 Å². The summed E-state index contributed by atoms with van der Waals surface area (Å²) in [4.78, 5) is 4.63. The molecule has 4 nitrogen and oxygen atoms in total. The van der Waals surface area contributed by atoms with Gasteiger partial charge in [-0.05, 0) is 42.3 Å². The minimum absolute atomic E-state index is 0.0480. The Morgan fingerprint density at radius 1 is 1.10 bits per heavy atom. The highest BCUT2D eigenvalue weighted by atomic mass is 32.1. The average Bonchev–Trinajstić information content (AvgIpc) is 3.15. The molecule has 0 bridgehead atoms. The molecule has 2 N–H and O–H groups in total. The first-order valence-electron chi connectivity index (χ1n) is 9.14. The molecular formula is C22H20F2N3OS+. The number of ether oxygens (including phenoxy) is 1. The summed E-state index contributed by atoms with van der Waals surface area (Å²) in [6, 6.07) is 13.2. The second-order valence-corrected chi connectivity index (χ2v) is 7.84. The van der Waals surface area contributed by atoms with Crippen molar-refractivity contribution in [3.8, 4) is 5.75 Å². The molecule has 0 aliphatic heterocycles. The molecule has 2 aromatic carbocycles. The van der Waals surface area contributed by atoms with Gasteiger partial charge in [0.2, 0.25) is 0 Å². The lowest BCUT2D eigenvalue weighted by Crippen LogP contribution is -2.34. The van der Waals surface area contributed by atoms with Crippen LogP contribution in [0, 0.1) is 11.6 Å². The Bertz CT molecular complexity index is 1120. The Morgan fingerprint density at radius 3 is 2.52 bits per heavy atom. The van der Waals surface area contributed by atoms with E-state index >= 15 is 0 Å². The fourth-order valence-corrected chi connectivity index (χ4v) is 4.14. The van der Waals surface area contributed by atoms with E-state index in [0.717, 1.165) is 26.5 Å². The number of halogens is 2. The summed E-state index contributed by atoms with van der Waals surface area (Å²) in [5, 5.41) is 0.860. The van der Waals surface area contributed by atoms with Gasteiger partial charge in [0.15, 0.2) is 18.9 Å². The van der Waals surface area contributed by atoms with Crippen molar-refractivity contribution >= 4 is 21.6 Å². The summed E-state index contributed by atoms with van der Waals surface area (Å²) in [6.45, 7) is 0.130. The molecule has 0 radical (unpaired) electrons. The molecule has 0 saturated carbocycles. The highest BCUT2D eigenvalue weighted by molar-refractivity contribution is 7.18. The van der Waals surface area contributed by atoms with Gasteiger partial charge in [-0.3, -0.25) is 0 Å². The van der Waals surface area contributed by atoms with Crippen LogP contribution in [0.4, 0.5) is 8.78 Å². The predicted octanol–water partition coefficient (Wildman–Crippen LogP) is 4.16. The van der Waals surface area contributed by atoms with Crippen LogP contribution in [0.2, 0.25) is 0 Å². The van der Waals surface area contributed by atoms with Crippen LogP contribution < -0.4 is 15.0 Å². The van der Waals surface area contributed by atoms with E-state index in [2.05, 4.69) is 4.98 Å². The fraction of sp³-hybridized carbons (Fsp3) is 0.182. The van der Waals surface area contributed by atoms with Crippen LogP contribution in [0.3, 0.4) is 0 Å². The molecule has 4 aromatic rings. The van der Waals surface area contributed by atoms with Crippen LogP contribution >= 0.6 is 11.3 Å². The van der Waals surface area contributed by atoms with E-state index in [9.17, 15) is 8.78 Å². The van der Waals surface area contributed by atoms with E-state index in [1.165, 1.54) is 18.2 Å². The SMILES string of the molecule is COc1ccc2nc(C(N)Cc3cc[n+](Cc4c(F)cccc4F)cc3)sc2c1. The lowest BCUT2D eigenvalue weighted by atomic mass is 10.1. The Kier molecular flexibility index (Phi) is 5.51. The van der Waals surface area contributed by atoms with Crippen LogP contribution in [-0.4, -0.2) is 12.1 Å². The maximum Gasteiger partial charge on any atom is 0.179 e. The van der Waals surface area contributed by atoms with E-state index in [1.807, 2.05) is 30.3 Å². The molecule has 29 heavy (non-hydrogen) atoms. The smallest absolute Gasteiger partial charge is 0.179 e. The fourth-order valence-electron chi connectivity index (χ4n) is 3.15. The van der Waals surface area contributed by atoms with Crippen molar-refractivity contribution in [1.29, 1.82) is 0 Å². The molecular weight excluding hydrogens is 392 g/mol. The number of fused-ring (bicyclic) bond motifs is 1. The molecule has 1 unspecified atom stereocenters. The number of aromatic nitrogens is 2. The van der Waals surface area contributed by atoms with Crippen LogP contribution in [0.15, 0.2) is 60.9 Å². The third-order valence-electron chi connectivity index (χ3n) is 4.75. The number of nitrogens with two attached hydrogens (primary N) is 1. The minimum Gasteiger partial charge on any atom is -0.497 e. The molecule has 0 aliphatic carbocycles. The van der Waals surface area contributed by atoms with E-state index in [-0.39, 0.29) is 18.2 Å². The standard InChI is InChI=1S/C22H20F2N3OS/c1-28-15-5-6-20-21(12-15)29-22(26-20)19(25)11-14-7-9-27(10-8-14)13-16-17(23)3-2-4-18(16)24/h2-10,12,19H,11,13,25H2,1H3/q+1. The van der Waals surface area contributed by atoms with Crippen molar-refractivity contribution in [2.24, 2.45) is 5.73 Å². The first-order chi connectivity index (χ1) is 14.0. The largest absolute Gasteiger partial charge is 0.497 e. The average molecular weight is 412 g/mol. The predicted molar refractivity (Wildman–Crippen MR) is 109 cm³/mol.